The van der Waals surface area contributed by atoms with Crippen molar-refractivity contribution in [3.8, 4) is 6.07 Å². The molecule has 0 amide bonds. The molecule has 0 spiro atoms. The van der Waals surface area contributed by atoms with Crippen LogP contribution in [0.3, 0.4) is 0 Å². The number of hydrogen-bond acceptors (Lipinski definition) is 3. The molecule has 1 N–H and O–H groups in total. The molecule has 0 unspecified atom stereocenters. The predicted octanol–water partition coefficient (Wildman–Crippen LogP) is 3.68. The summed E-state index contributed by atoms with van der Waals surface area (Å²) >= 11 is 1.68. The summed E-state index contributed by atoms with van der Waals surface area (Å²) in [6.07, 6.45) is 6.96. The molecule has 1 aliphatic carbocycles. The first-order valence-electron chi connectivity index (χ1n) is 6.50. The Morgan fingerprint density at radius 2 is 2.24 bits per heavy atom. The Bertz CT molecular complexity index is 385. The van der Waals surface area contributed by atoms with Crippen LogP contribution in [0.5, 0.6) is 0 Å². The lowest BCUT2D eigenvalue weighted by Crippen LogP contribution is -2.33. The third-order valence-electron chi connectivity index (χ3n) is 3.74. The highest BCUT2D eigenvalue weighted by molar-refractivity contribution is 7.10. The Morgan fingerprint density at radius 3 is 2.88 bits per heavy atom. The molecule has 1 aliphatic rings. The summed E-state index contributed by atoms with van der Waals surface area (Å²) in [5.41, 5.74) is 0.789. The molecule has 3 heteroatoms. The molecule has 1 atom stereocenters. The quantitative estimate of drug-likeness (QED) is 0.882. The van der Waals surface area contributed by atoms with Crippen molar-refractivity contribution in [3.63, 3.8) is 0 Å². The highest BCUT2D eigenvalue weighted by atomic mass is 32.1. The Balaban J connectivity index is 1.79. The lowest BCUT2D eigenvalue weighted by Gasteiger charge is -2.28. The fraction of sp³-hybridized carbons (Fsp3) is 0.643. The Kier molecular flexibility index (Phi) is 4.58. The first kappa shape index (κ1) is 12.6. The van der Waals surface area contributed by atoms with Gasteiger partial charge in [0.2, 0.25) is 0 Å². The van der Waals surface area contributed by atoms with E-state index >= 15 is 0 Å². The van der Waals surface area contributed by atoms with Crippen molar-refractivity contribution in [3.05, 3.63) is 21.9 Å². The highest BCUT2D eigenvalue weighted by Gasteiger charge is 2.19. The van der Waals surface area contributed by atoms with E-state index in [1.165, 1.54) is 37.0 Å². The standard InChI is InChI=1S/C14H20N2S/c1-11(13-5-3-2-4-6-13)16-9-14-7-12(8-15)10-17-14/h7,10-11,13,16H,2-6,9H2,1H3/t11-/m0/s1. The van der Waals surface area contributed by atoms with Crippen LogP contribution in [0.15, 0.2) is 11.4 Å². The van der Waals surface area contributed by atoms with Crippen molar-refractivity contribution < 1.29 is 0 Å². The second-order valence-corrected chi connectivity index (χ2v) is 5.98. The summed E-state index contributed by atoms with van der Waals surface area (Å²) in [5, 5.41) is 14.3. The van der Waals surface area contributed by atoms with Crippen molar-refractivity contribution >= 4 is 11.3 Å². The first-order chi connectivity index (χ1) is 8.29. The average Bonchev–Trinajstić information content (AvgIpc) is 2.85. The number of rotatable bonds is 4. The van der Waals surface area contributed by atoms with Gasteiger partial charge in [0.15, 0.2) is 0 Å². The van der Waals surface area contributed by atoms with Gasteiger partial charge in [-0.25, -0.2) is 0 Å². The summed E-state index contributed by atoms with van der Waals surface area (Å²) in [4.78, 5) is 1.27. The Morgan fingerprint density at radius 1 is 1.47 bits per heavy atom. The number of nitrogens with zero attached hydrogens (tertiary/aromatic N) is 1. The molecule has 2 nitrogen and oxygen atoms in total. The average molecular weight is 248 g/mol. The normalized spacial score (nSPS) is 18.8. The van der Waals surface area contributed by atoms with Crippen LogP contribution < -0.4 is 5.32 Å². The van der Waals surface area contributed by atoms with E-state index in [9.17, 15) is 0 Å². The summed E-state index contributed by atoms with van der Waals surface area (Å²) in [5.74, 6) is 0.846. The van der Waals surface area contributed by atoms with Crippen molar-refractivity contribution in [1.82, 2.24) is 5.32 Å². The molecule has 17 heavy (non-hydrogen) atoms. The molecule has 0 aromatic carbocycles. The molecule has 1 saturated carbocycles. The maximum absolute atomic E-state index is 8.77. The van der Waals surface area contributed by atoms with Gasteiger partial charge < -0.3 is 5.32 Å². The molecule has 0 bridgehead atoms. The molecule has 1 fully saturated rings. The summed E-state index contributed by atoms with van der Waals surface area (Å²) in [6.45, 7) is 3.21. The van der Waals surface area contributed by atoms with Gasteiger partial charge in [-0.1, -0.05) is 19.3 Å². The number of hydrogen-bond donors (Lipinski definition) is 1. The van der Waals surface area contributed by atoms with E-state index in [1.54, 1.807) is 11.3 Å². The van der Waals surface area contributed by atoms with Gasteiger partial charge in [0.1, 0.15) is 6.07 Å². The van der Waals surface area contributed by atoms with Crippen LogP contribution >= 0.6 is 11.3 Å². The second-order valence-electron chi connectivity index (χ2n) is 4.98. The fourth-order valence-electron chi connectivity index (χ4n) is 2.59. The van der Waals surface area contributed by atoms with E-state index in [4.69, 9.17) is 5.26 Å². The predicted molar refractivity (Wildman–Crippen MR) is 71.9 cm³/mol. The molecule has 1 aromatic rings. The second kappa shape index (κ2) is 6.18. The maximum Gasteiger partial charge on any atom is 0.100 e. The van der Waals surface area contributed by atoms with E-state index in [0.29, 0.717) is 6.04 Å². The molecule has 2 rings (SSSR count). The lowest BCUT2D eigenvalue weighted by molar-refractivity contribution is 0.281. The van der Waals surface area contributed by atoms with E-state index < -0.39 is 0 Å². The van der Waals surface area contributed by atoms with Crippen LogP contribution in [-0.4, -0.2) is 6.04 Å². The van der Waals surface area contributed by atoms with Gasteiger partial charge >= 0.3 is 0 Å². The van der Waals surface area contributed by atoms with Crippen molar-refractivity contribution in [2.45, 2.75) is 51.6 Å². The van der Waals surface area contributed by atoms with Gasteiger partial charge in [-0.05, 0) is 31.7 Å². The van der Waals surface area contributed by atoms with E-state index in [1.807, 2.05) is 11.4 Å². The fourth-order valence-corrected chi connectivity index (χ4v) is 3.36. The van der Waals surface area contributed by atoms with Crippen molar-refractivity contribution in [2.24, 2.45) is 5.92 Å². The smallest absolute Gasteiger partial charge is 0.100 e. The van der Waals surface area contributed by atoms with E-state index in [0.717, 1.165) is 18.0 Å². The topological polar surface area (TPSA) is 35.8 Å². The minimum Gasteiger partial charge on any atom is -0.309 e. The zero-order chi connectivity index (χ0) is 12.1. The maximum atomic E-state index is 8.77. The van der Waals surface area contributed by atoms with Crippen LogP contribution in [0.4, 0.5) is 0 Å². The molecule has 1 heterocycles. The van der Waals surface area contributed by atoms with E-state index in [2.05, 4.69) is 18.3 Å². The van der Waals surface area contributed by atoms with Gasteiger partial charge in [-0.3, -0.25) is 0 Å². The highest BCUT2D eigenvalue weighted by Crippen LogP contribution is 2.26. The molecule has 92 valence electrons. The van der Waals surface area contributed by atoms with Gasteiger partial charge in [0.25, 0.3) is 0 Å². The molecule has 0 saturated heterocycles. The minimum absolute atomic E-state index is 0.600. The lowest BCUT2D eigenvalue weighted by atomic mass is 9.84. The largest absolute Gasteiger partial charge is 0.309 e. The van der Waals surface area contributed by atoms with Crippen LogP contribution in [0.2, 0.25) is 0 Å². The van der Waals surface area contributed by atoms with Crippen LogP contribution in [0.1, 0.15) is 49.5 Å². The third kappa shape index (κ3) is 3.55. The molecular formula is C14H20N2S. The first-order valence-corrected chi connectivity index (χ1v) is 7.38. The monoisotopic (exact) mass is 248 g/mol. The van der Waals surface area contributed by atoms with Gasteiger partial charge in [0.05, 0.1) is 5.56 Å². The molecule has 1 aromatic heterocycles. The van der Waals surface area contributed by atoms with Crippen LogP contribution in [-0.2, 0) is 6.54 Å². The molecule has 0 radical (unpaired) electrons. The minimum atomic E-state index is 0.600. The van der Waals surface area contributed by atoms with E-state index in [-0.39, 0.29) is 0 Å². The molecular weight excluding hydrogens is 228 g/mol. The number of thiophene rings is 1. The zero-order valence-corrected chi connectivity index (χ0v) is 11.2. The summed E-state index contributed by atoms with van der Waals surface area (Å²) < 4.78 is 0. The third-order valence-corrected chi connectivity index (χ3v) is 4.67. The van der Waals surface area contributed by atoms with Crippen LogP contribution in [0, 0.1) is 17.2 Å². The zero-order valence-electron chi connectivity index (χ0n) is 10.4. The number of nitriles is 1. The van der Waals surface area contributed by atoms with Gasteiger partial charge in [-0.15, -0.1) is 11.3 Å². The Hall–Kier alpha value is -0.850. The van der Waals surface area contributed by atoms with Crippen LogP contribution in [0.25, 0.3) is 0 Å². The van der Waals surface area contributed by atoms with Crippen molar-refractivity contribution in [2.75, 3.05) is 0 Å². The number of nitrogens with one attached hydrogen (secondary N) is 1. The van der Waals surface area contributed by atoms with Gasteiger partial charge in [0, 0.05) is 22.8 Å². The van der Waals surface area contributed by atoms with Crippen molar-refractivity contribution in [1.29, 1.82) is 5.26 Å². The summed E-state index contributed by atoms with van der Waals surface area (Å²) in [7, 11) is 0. The SMILES string of the molecule is C[C@H](NCc1cc(C#N)cs1)C1CCCCC1. The summed E-state index contributed by atoms with van der Waals surface area (Å²) in [6, 6.07) is 4.77. The van der Waals surface area contributed by atoms with Gasteiger partial charge in [-0.2, -0.15) is 5.26 Å². The Labute approximate surface area is 108 Å². The molecule has 0 aliphatic heterocycles.